The summed E-state index contributed by atoms with van der Waals surface area (Å²) in [6.07, 6.45) is 0. The van der Waals surface area contributed by atoms with Crippen LogP contribution in [0.25, 0.3) is 0 Å². The first-order valence-electron chi connectivity index (χ1n) is 5.66. The number of primary sulfonamides is 1. The Morgan fingerprint density at radius 2 is 1.32 bits per heavy atom. The molecule has 22 heavy (non-hydrogen) atoms. The molecule has 0 saturated carbocycles. The monoisotopic (exact) mass is 380 g/mol. The van der Waals surface area contributed by atoms with Gasteiger partial charge >= 0.3 is 0 Å². The Kier molecular flexibility index (Phi) is 4.42. The lowest BCUT2D eigenvalue weighted by Crippen LogP contribution is -2.17. The van der Waals surface area contributed by atoms with Crippen LogP contribution in [-0.2, 0) is 19.9 Å². The quantitative estimate of drug-likeness (QED) is 0.789. The number of nitrogens with two attached hydrogens (primary N) is 2. The van der Waals surface area contributed by atoms with Crippen LogP contribution < -0.4 is 10.9 Å². The van der Waals surface area contributed by atoms with Crippen LogP contribution in [0.4, 0.5) is 5.69 Å². The van der Waals surface area contributed by atoms with Crippen molar-refractivity contribution in [3.63, 3.8) is 0 Å². The first kappa shape index (κ1) is 17.0. The van der Waals surface area contributed by atoms with E-state index in [0.29, 0.717) is 0 Å². The fourth-order valence-corrected chi connectivity index (χ4v) is 5.05. The lowest BCUT2D eigenvalue weighted by Gasteiger charge is -2.11. The lowest BCUT2D eigenvalue weighted by molar-refractivity contribution is 0.583. The van der Waals surface area contributed by atoms with Crippen molar-refractivity contribution in [2.24, 2.45) is 5.14 Å². The highest BCUT2D eigenvalue weighted by molar-refractivity contribution is 7.93. The lowest BCUT2D eigenvalue weighted by atomic mass is 10.3. The minimum absolute atomic E-state index is 0.0296. The summed E-state index contributed by atoms with van der Waals surface area (Å²) in [4.78, 5) is -1.26. The summed E-state index contributed by atoms with van der Waals surface area (Å²) in [6.45, 7) is 0. The van der Waals surface area contributed by atoms with Crippen LogP contribution in [0.2, 0.25) is 10.0 Å². The van der Waals surface area contributed by atoms with Crippen LogP contribution in [0, 0.1) is 0 Å². The number of sulfone groups is 1. The van der Waals surface area contributed by atoms with Gasteiger partial charge in [-0.15, -0.1) is 0 Å². The summed E-state index contributed by atoms with van der Waals surface area (Å²) in [5.41, 5.74) is 5.59. The zero-order chi connectivity index (χ0) is 16.7. The molecule has 0 fully saturated rings. The smallest absolute Gasteiger partial charge is 0.239 e. The van der Waals surface area contributed by atoms with Crippen LogP contribution in [-0.4, -0.2) is 16.8 Å². The van der Waals surface area contributed by atoms with E-state index >= 15 is 0 Å². The van der Waals surface area contributed by atoms with E-state index in [2.05, 4.69) is 0 Å². The number of hydrogen-bond acceptors (Lipinski definition) is 5. The Bertz CT molecular complexity index is 934. The maximum atomic E-state index is 12.6. The minimum Gasteiger partial charge on any atom is -0.396 e. The molecule has 0 atom stereocenters. The first-order valence-corrected chi connectivity index (χ1v) is 9.45. The van der Waals surface area contributed by atoms with Gasteiger partial charge in [0.25, 0.3) is 0 Å². The van der Waals surface area contributed by atoms with E-state index < -0.39 is 29.7 Å². The van der Waals surface area contributed by atoms with Gasteiger partial charge in [0.1, 0.15) is 4.90 Å². The molecule has 0 aliphatic rings. The molecule has 0 amide bonds. The molecular weight excluding hydrogens is 371 g/mol. The third-order valence-electron chi connectivity index (χ3n) is 2.81. The molecule has 2 aromatic rings. The average Bonchev–Trinajstić information content (AvgIpc) is 2.43. The summed E-state index contributed by atoms with van der Waals surface area (Å²) in [6, 6.07) is 7.16. The standard InChI is InChI=1S/C12H10Cl2N2O4S2/c13-8-5-7(6-9(14)12(8)15)21(17,18)10-3-1-2-4-11(10)22(16,19)20/h1-6H,15H2,(H2,16,19,20). The van der Waals surface area contributed by atoms with Crippen LogP contribution in [0.5, 0.6) is 0 Å². The summed E-state index contributed by atoms with van der Waals surface area (Å²) < 4.78 is 48.4. The highest BCUT2D eigenvalue weighted by atomic mass is 35.5. The average molecular weight is 381 g/mol. The molecule has 0 aliphatic heterocycles. The summed E-state index contributed by atoms with van der Waals surface area (Å²) in [7, 11) is -8.42. The zero-order valence-corrected chi connectivity index (χ0v) is 14.0. The van der Waals surface area contributed by atoms with Crippen LogP contribution in [0.3, 0.4) is 0 Å². The Labute approximate surface area is 137 Å². The zero-order valence-electron chi connectivity index (χ0n) is 10.8. The maximum absolute atomic E-state index is 12.6. The van der Waals surface area contributed by atoms with E-state index in [1.807, 2.05) is 0 Å². The van der Waals surface area contributed by atoms with Crippen molar-refractivity contribution in [2.75, 3.05) is 5.73 Å². The first-order chi connectivity index (χ1) is 10.0. The molecule has 10 heteroatoms. The number of sulfonamides is 1. The molecule has 6 nitrogen and oxygen atoms in total. The normalized spacial score (nSPS) is 12.3. The summed E-state index contributed by atoms with van der Waals surface area (Å²) >= 11 is 11.7. The van der Waals surface area contributed by atoms with Crippen molar-refractivity contribution < 1.29 is 16.8 Å². The molecule has 0 aliphatic carbocycles. The molecule has 2 rings (SSSR count). The molecular formula is C12H10Cl2N2O4S2. The Hall–Kier alpha value is -1.32. The number of halogens is 2. The highest BCUT2D eigenvalue weighted by Gasteiger charge is 2.26. The van der Waals surface area contributed by atoms with Crippen molar-refractivity contribution >= 4 is 48.7 Å². The van der Waals surface area contributed by atoms with Crippen LogP contribution >= 0.6 is 23.2 Å². The van der Waals surface area contributed by atoms with Gasteiger partial charge in [0.2, 0.25) is 19.9 Å². The number of nitrogen functional groups attached to an aromatic ring is 1. The van der Waals surface area contributed by atoms with E-state index in [9.17, 15) is 16.8 Å². The molecule has 2 aromatic carbocycles. The second-order valence-electron chi connectivity index (χ2n) is 4.30. The molecule has 0 heterocycles. The molecule has 4 N–H and O–H groups in total. The van der Waals surface area contributed by atoms with Crippen molar-refractivity contribution in [2.45, 2.75) is 14.7 Å². The topological polar surface area (TPSA) is 120 Å². The number of rotatable bonds is 3. The van der Waals surface area contributed by atoms with Gasteiger partial charge < -0.3 is 5.73 Å². The number of anilines is 1. The van der Waals surface area contributed by atoms with Gasteiger partial charge in [-0.2, -0.15) is 0 Å². The van der Waals surface area contributed by atoms with Crippen LogP contribution in [0.15, 0.2) is 51.1 Å². The van der Waals surface area contributed by atoms with E-state index in [-0.39, 0.29) is 20.6 Å². The van der Waals surface area contributed by atoms with Gasteiger partial charge in [-0.3, -0.25) is 0 Å². The van der Waals surface area contributed by atoms with Crippen LogP contribution in [0.1, 0.15) is 0 Å². The second kappa shape index (κ2) is 5.71. The van der Waals surface area contributed by atoms with Crippen molar-refractivity contribution in [3.8, 4) is 0 Å². The van der Waals surface area contributed by atoms with E-state index in [0.717, 1.165) is 24.3 Å². The minimum atomic E-state index is -4.22. The molecule has 0 spiro atoms. The van der Waals surface area contributed by atoms with Crippen molar-refractivity contribution in [1.82, 2.24) is 0 Å². The maximum Gasteiger partial charge on any atom is 0.239 e. The fourth-order valence-electron chi connectivity index (χ4n) is 1.75. The number of benzene rings is 2. The van der Waals surface area contributed by atoms with E-state index in [1.54, 1.807) is 0 Å². The SMILES string of the molecule is Nc1c(Cl)cc(S(=O)(=O)c2ccccc2S(N)(=O)=O)cc1Cl. The van der Waals surface area contributed by atoms with E-state index in [1.165, 1.54) is 12.1 Å². The second-order valence-corrected chi connectivity index (χ2v) is 8.56. The van der Waals surface area contributed by atoms with E-state index in [4.69, 9.17) is 34.1 Å². The predicted molar refractivity (Wildman–Crippen MR) is 84.1 cm³/mol. The highest BCUT2D eigenvalue weighted by Crippen LogP contribution is 2.34. The molecule has 0 unspecified atom stereocenters. The molecule has 0 aromatic heterocycles. The molecule has 118 valence electrons. The Morgan fingerprint density at radius 3 is 1.77 bits per heavy atom. The number of hydrogen-bond donors (Lipinski definition) is 2. The van der Waals surface area contributed by atoms with Gasteiger partial charge in [0.15, 0.2) is 0 Å². The molecule has 0 radical (unpaired) electrons. The predicted octanol–water partition coefficient (Wildman–Crippen LogP) is 2.06. The van der Waals surface area contributed by atoms with Gasteiger partial charge in [0.05, 0.1) is 25.5 Å². The Balaban J connectivity index is 2.78. The van der Waals surface area contributed by atoms with Gasteiger partial charge in [0, 0.05) is 0 Å². The van der Waals surface area contributed by atoms with Crippen molar-refractivity contribution in [1.29, 1.82) is 0 Å². The summed E-state index contributed by atoms with van der Waals surface area (Å²) in [5.74, 6) is 0. The van der Waals surface area contributed by atoms with Gasteiger partial charge in [-0.25, -0.2) is 22.0 Å². The summed E-state index contributed by atoms with van der Waals surface area (Å²) in [5, 5.41) is 4.94. The van der Waals surface area contributed by atoms with Gasteiger partial charge in [-0.1, -0.05) is 35.3 Å². The third-order valence-corrected chi connectivity index (χ3v) is 6.32. The Morgan fingerprint density at radius 1 is 0.864 bits per heavy atom. The molecule has 0 bridgehead atoms. The third kappa shape index (κ3) is 3.06. The van der Waals surface area contributed by atoms with Gasteiger partial charge in [-0.05, 0) is 24.3 Å². The van der Waals surface area contributed by atoms with Crippen molar-refractivity contribution in [3.05, 3.63) is 46.4 Å². The largest absolute Gasteiger partial charge is 0.396 e. The molecule has 0 saturated heterocycles. The fraction of sp³-hybridized carbons (Fsp3) is 0.